The van der Waals surface area contributed by atoms with Crippen molar-refractivity contribution in [3.8, 4) is 0 Å². The van der Waals surface area contributed by atoms with E-state index in [4.69, 9.17) is 17.3 Å². The maximum Gasteiger partial charge on any atom is 0.0544 e. The first kappa shape index (κ1) is 13.5. The molecule has 18 heavy (non-hydrogen) atoms. The number of hydrogen-bond donors (Lipinski definition) is 1. The highest BCUT2D eigenvalue weighted by Crippen LogP contribution is 2.33. The van der Waals surface area contributed by atoms with Gasteiger partial charge in [-0.15, -0.1) is 11.8 Å². The summed E-state index contributed by atoms with van der Waals surface area (Å²) in [5, 5.41) is 0.821. The summed E-state index contributed by atoms with van der Waals surface area (Å²) >= 11 is 8.05. The highest BCUT2D eigenvalue weighted by molar-refractivity contribution is 7.98. The SMILES string of the molecule is NCCc1cccc(Cl)c1SCc1ccccc1. The normalized spacial score (nSPS) is 10.6. The lowest BCUT2D eigenvalue weighted by atomic mass is 10.1. The molecule has 0 aromatic heterocycles. The maximum absolute atomic E-state index is 6.27. The fraction of sp³-hybridized carbons (Fsp3) is 0.200. The third-order valence-electron chi connectivity index (χ3n) is 2.69. The zero-order valence-electron chi connectivity index (χ0n) is 10.1. The fourth-order valence-corrected chi connectivity index (χ4v) is 3.22. The molecular formula is C15H16ClNS. The van der Waals surface area contributed by atoms with Gasteiger partial charge in [0.1, 0.15) is 0 Å². The van der Waals surface area contributed by atoms with Crippen LogP contribution in [0.5, 0.6) is 0 Å². The molecular weight excluding hydrogens is 262 g/mol. The van der Waals surface area contributed by atoms with Crippen molar-refractivity contribution < 1.29 is 0 Å². The average Bonchev–Trinajstić information content (AvgIpc) is 2.40. The van der Waals surface area contributed by atoms with E-state index in [2.05, 4.69) is 30.3 Å². The van der Waals surface area contributed by atoms with Crippen molar-refractivity contribution in [2.75, 3.05) is 6.54 Å². The van der Waals surface area contributed by atoms with Crippen molar-refractivity contribution in [2.45, 2.75) is 17.1 Å². The summed E-state index contributed by atoms with van der Waals surface area (Å²) in [6, 6.07) is 16.4. The molecule has 0 amide bonds. The van der Waals surface area contributed by atoms with Gasteiger partial charge in [-0.25, -0.2) is 0 Å². The topological polar surface area (TPSA) is 26.0 Å². The first-order valence-electron chi connectivity index (χ1n) is 5.95. The molecule has 2 N–H and O–H groups in total. The van der Waals surface area contributed by atoms with E-state index in [1.54, 1.807) is 11.8 Å². The largest absolute Gasteiger partial charge is 0.330 e. The summed E-state index contributed by atoms with van der Waals surface area (Å²) in [6.07, 6.45) is 0.873. The molecule has 0 aliphatic carbocycles. The monoisotopic (exact) mass is 277 g/mol. The van der Waals surface area contributed by atoms with Crippen LogP contribution in [-0.2, 0) is 12.2 Å². The predicted molar refractivity (Wildman–Crippen MR) is 80.2 cm³/mol. The Balaban J connectivity index is 2.13. The minimum atomic E-state index is 0.652. The van der Waals surface area contributed by atoms with Crippen molar-refractivity contribution in [1.29, 1.82) is 0 Å². The average molecular weight is 278 g/mol. The minimum absolute atomic E-state index is 0.652. The number of hydrogen-bond acceptors (Lipinski definition) is 2. The molecule has 2 rings (SSSR count). The summed E-state index contributed by atoms with van der Waals surface area (Å²) in [5.74, 6) is 0.933. The first-order chi connectivity index (χ1) is 8.81. The van der Waals surface area contributed by atoms with E-state index in [0.29, 0.717) is 6.54 Å². The van der Waals surface area contributed by atoms with Gasteiger partial charge in [-0.2, -0.15) is 0 Å². The molecule has 0 unspecified atom stereocenters. The van der Waals surface area contributed by atoms with Gasteiger partial charge in [-0.1, -0.05) is 54.1 Å². The van der Waals surface area contributed by atoms with E-state index in [-0.39, 0.29) is 0 Å². The Bertz CT molecular complexity index is 499. The van der Waals surface area contributed by atoms with Gasteiger partial charge < -0.3 is 5.73 Å². The molecule has 0 saturated carbocycles. The molecule has 0 atom stereocenters. The van der Waals surface area contributed by atoms with E-state index in [1.165, 1.54) is 11.1 Å². The molecule has 0 bridgehead atoms. The van der Waals surface area contributed by atoms with Gasteiger partial charge in [-0.3, -0.25) is 0 Å². The zero-order chi connectivity index (χ0) is 12.8. The summed E-state index contributed by atoms with van der Waals surface area (Å²) in [5.41, 5.74) is 8.18. The molecule has 3 heteroatoms. The molecule has 0 radical (unpaired) electrons. The Morgan fingerprint density at radius 3 is 2.50 bits per heavy atom. The predicted octanol–water partition coefficient (Wildman–Crippen LogP) is 4.13. The Morgan fingerprint density at radius 1 is 1.00 bits per heavy atom. The summed E-state index contributed by atoms with van der Waals surface area (Å²) in [7, 11) is 0. The lowest BCUT2D eigenvalue weighted by Crippen LogP contribution is -2.03. The number of thioether (sulfide) groups is 1. The lowest BCUT2D eigenvalue weighted by molar-refractivity contribution is 0.944. The van der Waals surface area contributed by atoms with Crippen LogP contribution in [0.25, 0.3) is 0 Å². The number of halogens is 1. The maximum atomic E-state index is 6.27. The first-order valence-corrected chi connectivity index (χ1v) is 7.32. The second-order valence-electron chi connectivity index (χ2n) is 4.04. The van der Waals surface area contributed by atoms with E-state index < -0.39 is 0 Å². The van der Waals surface area contributed by atoms with Crippen LogP contribution in [0.15, 0.2) is 53.4 Å². The lowest BCUT2D eigenvalue weighted by Gasteiger charge is -2.10. The van der Waals surface area contributed by atoms with Crippen LogP contribution in [0.2, 0.25) is 5.02 Å². The van der Waals surface area contributed by atoms with Crippen LogP contribution in [-0.4, -0.2) is 6.54 Å². The van der Waals surface area contributed by atoms with E-state index in [0.717, 1.165) is 22.1 Å². The summed E-state index contributed by atoms with van der Waals surface area (Å²) < 4.78 is 0. The Labute approximate surface area is 117 Å². The van der Waals surface area contributed by atoms with Crippen molar-refractivity contribution >= 4 is 23.4 Å². The summed E-state index contributed by atoms with van der Waals surface area (Å²) in [6.45, 7) is 0.652. The Kier molecular flexibility index (Phi) is 5.12. The van der Waals surface area contributed by atoms with Gasteiger partial charge in [-0.05, 0) is 30.2 Å². The highest BCUT2D eigenvalue weighted by Gasteiger charge is 2.07. The van der Waals surface area contributed by atoms with Gasteiger partial charge in [0.15, 0.2) is 0 Å². The van der Waals surface area contributed by atoms with E-state index in [9.17, 15) is 0 Å². The minimum Gasteiger partial charge on any atom is -0.330 e. The van der Waals surface area contributed by atoms with Gasteiger partial charge in [0, 0.05) is 10.6 Å². The van der Waals surface area contributed by atoms with Gasteiger partial charge in [0.2, 0.25) is 0 Å². The molecule has 0 heterocycles. The van der Waals surface area contributed by atoms with Crippen molar-refractivity contribution in [3.63, 3.8) is 0 Å². The van der Waals surface area contributed by atoms with Gasteiger partial charge >= 0.3 is 0 Å². The quantitative estimate of drug-likeness (QED) is 0.832. The van der Waals surface area contributed by atoms with Crippen LogP contribution >= 0.6 is 23.4 Å². The van der Waals surface area contributed by atoms with Crippen molar-refractivity contribution in [2.24, 2.45) is 5.73 Å². The highest BCUT2D eigenvalue weighted by atomic mass is 35.5. The van der Waals surface area contributed by atoms with Crippen LogP contribution in [0.3, 0.4) is 0 Å². The van der Waals surface area contributed by atoms with Gasteiger partial charge in [0.05, 0.1) is 5.02 Å². The summed E-state index contributed by atoms with van der Waals surface area (Å²) in [4.78, 5) is 1.16. The second kappa shape index (κ2) is 6.83. The standard InChI is InChI=1S/C15H16ClNS/c16-14-8-4-7-13(9-10-17)15(14)18-11-12-5-2-1-3-6-12/h1-8H,9-11,17H2. The van der Waals surface area contributed by atoms with Crippen LogP contribution in [0.4, 0.5) is 0 Å². The zero-order valence-corrected chi connectivity index (χ0v) is 11.7. The van der Waals surface area contributed by atoms with E-state index >= 15 is 0 Å². The second-order valence-corrected chi connectivity index (χ2v) is 5.43. The van der Waals surface area contributed by atoms with Crippen molar-refractivity contribution in [1.82, 2.24) is 0 Å². The molecule has 2 aromatic rings. The molecule has 0 aliphatic rings. The number of rotatable bonds is 5. The number of benzene rings is 2. The molecule has 0 spiro atoms. The Hall–Kier alpha value is -0.960. The van der Waals surface area contributed by atoms with Crippen LogP contribution < -0.4 is 5.73 Å². The van der Waals surface area contributed by atoms with E-state index in [1.807, 2.05) is 18.2 Å². The molecule has 94 valence electrons. The molecule has 0 saturated heterocycles. The van der Waals surface area contributed by atoms with Gasteiger partial charge in [0.25, 0.3) is 0 Å². The van der Waals surface area contributed by atoms with Crippen LogP contribution in [0.1, 0.15) is 11.1 Å². The molecule has 0 aliphatic heterocycles. The van der Waals surface area contributed by atoms with Crippen LogP contribution in [0, 0.1) is 0 Å². The van der Waals surface area contributed by atoms with Crippen molar-refractivity contribution in [3.05, 3.63) is 64.7 Å². The third kappa shape index (κ3) is 3.52. The third-order valence-corrected chi connectivity index (χ3v) is 4.36. The fourth-order valence-electron chi connectivity index (χ4n) is 1.80. The molecule has 1 nitrogen and oxygen atoms in total. The Morgan fingerprint density at radius 2 is 1.78 bits per heavy atom. The number of nitrogens with two attached hydrogens (primary N) is 1. The smallest absolute Gasteiger partial charge is 0.0544 e. The molecule has 0 fully saturated rings. The molecule has 2 aromatic carbocycles.